The highest BCUT2D eigenvalue weighted by Crippen LogP contribution is 2.29. The van der Waals surface area contributed by atoms with Crippen molar-refractivity contribution < 1.29 is 5.11 Å². The Kier molecular flexibility index (Phi) is 3.28. The molecule has 1 atom stereocenters. The van der Waals surface area contributed by atoms with Gasteiger partial charge in [0.1, 0.15) is 6.10 Å². The Bertz CT molecular complexity index is 448. The molecule has 16 heavy (non-hydrogen) atoms. The fraction of sp³-hybridized carbons (Fsp3) is 0.143. The SMILES string of the molecule is Cc1ccccc1C(O)c1ccccc1Cl. The summed E-state index contributed by atoms with van der Waals surface area (Å²) in [7, 11) is 0. The second-order valence-electron chi connectivity index (χ2n) is 3.78. The molecule has 0 aliphatic rings. The minimum absolute atomic E-state index is 0.596. The predicted octanol–water partition coefficient (Wildman–Crippen LogP) is 3.73. The van der Waals surface area contributed by atoms with Crippen LogP contribution in [0.3, 0.4) is 0 Å². The Labute approximate surface area is 100 Å². The Morgan fingerprint density at radius 3 is 2.12 bits per heavy atom. The van der Waals surface area contributed by atoms with Gasteiger partial charge < -0.3 is 5.11 Å². The maximum Gasteiger partial charge on any atom is 0.106 e. The predicted molar refractivity (Wildman–Crippen MR) is 66.7 cm³/mol. The molecule has 0 radical (unpaired) electrons. The van der Waals surface area contributed by atoms with E-state index in [2.05, 4.69) is 0 Å². The van der Waals surface area contributed by atoms with Gasteiger partial charge in [-0.1, -0.05) is 54.1 Å². The Morgan fingerprint density at radius 2 is 1.50 bits per heavy atom. The van der Waals surface area contributed by atoms with E-state index in [-0.39, 0.29) is 0 Å². The van der Waals surface area contributed by atoms with E-state index >= 15 is 0 Å². The highest BCUT2D eigenvalue weighted by molar-refractivity contribution is 6.31. The van der Waals surface area contributed by atoms with Crippen molar-refractivity contribution in [3.05, 3.63) is 70.2 Å². The lowest BCUT2D eigenvalue weighted by molar-refractivity contribution is 0.219. The van der Waals surface area contributed by atoms with Crippen LogP contribution in [0.4, 0.5) is 0 Å². The topological polar surface area (TPSA) is 20.2 Å². The third-order valence-corrected chi connectivity index (χ3v) is 3.03. The Balaban J connectivity index is 2.44. The molecule has 0 saturated carbocycles. The van der Waals surface area contributed by atoms with Gasteiger partial charge in [-0.15, -0.1) is 0 Å². The first-order chi connectivity index (χ1) is 7.70. The minimum Gasteiger partial charge on any atom is -0.384 e. The normalized spacial score (nSPS) is 12.4. The van der Waals surface area contributed by atoms with Crippen LogP contribution < -0.4 is 0 Å². The van der Waals surface area contributed by atoms with Gasteiger partial charge in [0.05, 0.1) is 0 Å². The molecule has 0 heterocycles. The molecule has 0 aromatic heterocycles. The second kappa shape index (κ2) is 4.69. The van der Waals surface area contributed by atoms with Crippen molar-refractivity contribution in [1.82, 2.24) is 0 Å². The van der Waals surface area contributed by atoms with E-state index in [9.17, 15) is 5.11 Å². The first-order valence-electron chi connectivity index (χ1n) is 5.18. The fourth-order valence-electron chi connectivity index (χ4n) is 1.76. The van der Waals surface area contributed by atoms with Gasteiger partial charge >= 0.3 is 0 Å². The molecule has 0 bridgehead atoms. The van der Waals surface area contributed by atoms with Gasteiger partial charge in [-0.25, -0.2) is 0 Å². The van der Waals surface area contributed by atoms with Crippen molar-refractivity contribution in [3.8, 4) is 0 Å². The average Bonchev–Trinajstić information content (AvgIpc) is 2.29. The lowest BCUT2D eigenvalue weighted by atomic mass is 9.98. The van der Waals surface area contributed by atoms with Crippen molar-refractivity contribution in [3.63, 3.8) is 0 Å². The van der Waals surface area contributed by atoms with Gasteiger partial charge in [0.15, 0.2) is 0 Å². The molecule has 2 rings (SSSR count). The zero-order chi connectivity index (χ0) is 11.5. The lowest BCUT2D eigenvalue weighted by Crippen LogP contribution is -2.02. The highest BCUT2D eigenvalue weighted by Gasteiger charge is 2.14. The van der Waals surface area contributed by atoms with E-state index in [0.717, 1.165) is 16.7 Å². The maximum absolute atomic E-state index is 10.3. The number of aryl methyl sites for hydroxylation is 1. The first kappa shape index (κ1) is 11.2. The third kappa shape index (κ3) is 2.11. The molecule has 1 unspecified atom stereocenters. The standard InChI is InChI=1S/C14H13ClO/c1-10-6-2-3-7-11(10)14(16)12-8-4-5-9-13(12)15/h2-9,14,16H,1H3. The molecule has 82 valence electrons. The van der Waals surface area contributed by atoms with Gasteiger partial charge in [-0.3, -0.25) is 0 Å². The zero-order valence-corrected chi connectivity index (χ0v) is 9.78. The average molecular weight is 233 g/mol. The van der Waals surface area contributed by atoms with E-state index in [0.29, 0.717) is 5.02 Å². The Morgan fingerprint density at radius 1 is 0.938 bits per heavy atom. The summed E-state index contributed by atoms with van der Waals surface area (Å²) in [5, 5.41) is 10.9. The summed E-state index contributed by atoms with van der Waals surface area (Å²) >= 11 is 6.06. The smallest absolute Gasteiger partial charge is 0.106 e. The van der Waals surface area contributed by atoms with Gasteiger partial charge in [0.2, 0.25) is 0 Å². The second-order valence-corrected chi connectivity index (χ2v) is 4.19. The van der Waals surface area contributed by atoms with Crippen LogP contribution in [0.1, 0.15) is 22.8 Å². The summed E-state index contributed by atoms with van der Waals surface area (Å²) in [6, 6.07) is 15.1. The molecule has 0 saturated heterocycles. The van der Waals surface area contributed by atoms with E-state index in [1.165, 1.54) is 0 Å². The molecule has 1 nitrogen and oxygen atoms in total. The molecular weight excluding hydrogens is 220 g/mol. The number of rotatable bonds is 2. The molecule has 0 aliphatic carbocycles. The summed E-state index contributed by atoms with van der Waals surface area (Å²) in [5.74, 6) is 0. The van der Waals surface area contributed by atoms with Crippen molar-refractivity contribution in [2.24, 2.45) is 0 Å². The Hall–Kier alpha value is -1.31. The molecule has 0 aliphatic heterocycles. The molecule has 2 aromatic carbocycles. The summed E-state index contributed by atoms with van der Waals surface area (Å²) in [6.45, 7) is 1.98. The van der Waals surface area contributed by atoms with Crippen LogP contribution in [-0.4, -0.2) is 5.11 Å². The number of benzene rings is 2. The van der Waals surface area contributed by atoms with E-state index in [1.807, 2.05) is 49.4 Å². The third-order valence-electron chi connectivity index (χ3n) is 2.68. The van der Waals surface area contributed by atoms with Crippen LogP contribution in [0.25, 0.3) is 0 Å². The lowest BCUT2D eigenvalue weighted by Gasteiger charge is -2.15. The highest BCUT2D eigenvalue weighted by atomic mass is 35.5. The van der Waals surface area contributed by atoms with Gasteiger partial charge in [-0.05, 0) is 24.1 Å². The van der Waals surface area contributed by atoms with Crippen molar-refractivity contribution in [1.29, 1.82) is 0 Å². The number of hydrogen-bond donors (Lipinski definition) is 1. The van der Waals surface area contributed by atoms with Crippen molar-refractivity contribution in [2.45, 2.75) is 13.0 Å². The van der Waals surface area contributed by atoms with E-state index in [1.54, 1.807) is 6.07 Å². The summed E-state index contributed by atoms with van der Waals surface area (Å²) in [4.78, 5) is 0. The monoisotopic (exact) mass is 232 g/mol. The van der Waals surface area contributed by atoms with Crippen LogP contribution in [-0.2, 0) is 0 Å². The number of aliphatic hydroxyl groups is 1. The largest absolute Gasteiger partial charge is 0.384 e. The van der Waals surface area contributed by atoms with Crippen LogP contribution in [0.15, 0.2) is 48.5 Å². The molecule has 0 fully saturated rings. The van der Waals surface area contributed by atoms with Crippen LogP contribution >= 0.6 is 11.6 Å². The quantitative estimate of drug-likeness (QED) is 0.837. The molecular formula is C14H13ClO. The van der Waals surface area contributed by atoms with Crippen LogP contribution in [0, 0.1) is 6.92 Å². The van der Waals surface area contributed by atoms with Gasteiger partial charge in [0.25, 0.3) is 0 Å². The van der Waals surface area contributed by atoms with Crippen LogP contribution in [0.2, 0.25) is 5.02 Å². The number of aliphatic hydroxyl groups excluding tert-OH is 1. The van der Waals surface area contributed by atoms with Gasteiger partial charge in [-0.2, -0.15) is 0 Å². The van der Waals surface area contributed by atoms with Crippen LogP contribution in [0.5, 0.6) is 0 Å². The van der Waals surface area contributed by atoms with Crippen molar-refractivity contribution in [2.75, 3.05) is 0 Å². The fourth-order valence-corrected chi connectivity index (χ4v) is 2.00. The molecule has 2 aromatic rings. The minimum atomic E-state index is -0.658. The first-order valence-corrected chi connectivity index (χ1v) is 5.56. The van der Waals surface area contributed by atoms with Gasteiger partial charge in [0, 0.05) is 10.6 Å². The maximum atomic E-state index is 10.3. The van der Waals surface area contributed by atoms with Crippen molar-refractivity contribution >= 4 is 11.6 Å². The molecule has 0 spiro atoms. The summed E-state index contributed by atoms with van der Waals surface area (Å²) in [6.07, 6.45) is -0.658. The summed E-state index contributed by atoms with van der Waals surface area (Å²) in [5.41, 5.74) is 2.71. The zero-order valence-electron chi connectivity index (χ0n) is 9.02. The number of halogens is 1. The summed E-state index contributed by atoms with van der Waals surface area (Å²) < 4.78 is 0. The van der Waals surface area contributed by atoms with E-state index < -0.39 is 6.10 Å². The molecule has 2 heteroatoms. The number of hydrogen-bond acceptors (Lipinski definition) is 1. The molecule has 1 N–H and O–H groups in total. The molecule has 0 amide bonds. The van der Waals surface area contributed by atoms with E-state index in [4.69, 9.17) is 11.6 Å².